The number of nitrogens with one attached hydrogen (secondary N) is 1. The van der Waals surface area contributed by atoms with Crippen LogP contribution in [0.1, 0.15) is 59.3 Å². The zero-order valence-corrected chi connectivity index (χ0v) is 14.0. The van der Waals surface area contributed by atoms with Crippen LogP contribution in [0.5, 0.6) is 0 Å². The standard InChI is InChI=1S/C17H34N2O/c1-5-15-12-18-17(6-2,7-3)14-19(15)13-16(8-9-16)10-11-20-4/h15,18H,5-14H2,1-4H3. The third-order valence-corrected chi connectivity index (χ3v) is 5.89. The van der Waals surface area contributed by atoms with Gasteiger partial charge in [0.1, 0.15) is 0 Å². The molecule has 0 spiro atoms. The molecule has 1 aliphatic heterocycles. The van der Waals surface area contributed by atoms with Crippen LogP contribution in [-0.4, -0.2) is 49.8 Å². The average Bonchev–Trinajstić information content (AvgIpc) is 3.25. The number of methoxy groups -OCH3 is 1. The van der Waals surface area contributed by atoms with Gasteiger partial charge >= 0.3 is 0 Å². The van der Waals surface area contributed by atoms with Gasteiger partial charge in [0.15, 0.2) is 0 Å². The summed E-state index contributed by atoms with van der Waals surface area (Å²) in [6, 6.07) is 0.723. The second-order valence-corrected chi connectivity index (χ2v) is 7.08. The highest BCUT2D eigenvalue weighted by atomic mass is 16.5. The number of nitrogens with zero attached hydrogens (tertiary/aromatic N) is 1. The molecule has 2 rings (SSSR count). The topological polar surface area (TPSA) is 24.5 Å². The maximum Gasteiger partial charge on any atom is 0.0468 e. The number of piperazine rings is 1. The summed E-state index contributed by atoms with van der Waals surface area (Å²) in [6.07, 6.45) is 7.79. The highest BCUT2D eigenvalue weighted by Crippen LogP contribution is 2.50. The SMILES string of the molecule is CCC1CNC(CC)(CC)CN1CC1(CCOC)CC1. The number of hydrogen-bond donors (Lipinski definition) is 1. The van der Waals surface area contributed by atoms with E-state index in [1.807, 2.05) is 7.11 Å². The van der Waals surface area contributed by atoms with Gasteiger partial charge in [-0.1, -0.05) is 20.8 Å². The molecule has 0 aromatic carbocycles. The van der Waals surface area contributed by atoms with Crippen molar-refractivity contribution in [3.05, 3.63) is 0 Å². The maximum absolute atomic E-state index is 5.31. The Balaban J connectivity index is 1.98. The highest BCUT2D eigenvalue weighted by molar-refractivity contribution is 5.02. The Morgan fingerprint density at radius 2 is 1.90 bits per heavy atom. The Kier molecular flexibility index (Phi) is 5.49. The number of hydrogen-bond acceptors (Lipinski definition) is 3. The first kappa shape index (κ1) is 16.3. The second-order valence-electron chi connectivity index (χ2n) is 7.08. The van der Waals surface area contributed by atoms with E-state index in [4.69, 9.17) is 4.74 Å². The van der Waals surface area contributed by atoms with Crippen LogP contribution in [0.3, 0.4) is 0 Å². The molecule has 0 bridgehead atoms. The van der Waals surface area contributed by atoms with Gasteiger partial charge in [0.25, 0.3) is 0 Å². The lowest BCUT2D eigenvalue weighted by Gasteiger charge is -2.48. The molecular weight excluding hydrogens is 248 g/mol. The lowest BCUT2D eigenvalue weighted by Crippen LogP contribution is -2.64. The van der Waals surface area contributed by atoms with Crippen molar-refractivity contribution in [2.75, 3.05) is 33.4 Å². The van der Waals surface area contributed by atoms with Crippen LogP contribution in [0.15, 0.2) is 0 Å². The molecule has 118 valence electrons. The largest absolute Gasteiger partial charge is 0.385 e. The van der Waals surface area contributed by atoms with E-state index in [0.29, 0.717) is 11.0 Å². The lowest BCUT2D eigenvalue weighted by atomic mass is 9.87. The predicted octanol–water partition coefficient (Wildman–Crippen LogP) is 3.05. The molecule has 2 aliphatic rings. The number of ether oxygens (including phenoxy) is 1. The van der Waals surface area contributed by atoms with E-state index in [9.17, 15) is 0 Å². The summed E-state index contributed by atoms with van der Waals surface area (Å²) in [5.41, 5.74) is 0.928. The Morgan fingerprint density at radius 3 is 2.40 bits per heavy atom. The fraction of sp³-hybridized carbons (Fsp3) is 1.00. The third kappa shape index (κ3) is 3.55. The molecule has 0 amide bonds. The van der Waals surface area contributed by atoms with Crippen LogP contribution in [0, 0.1) is 5.41 Å². The monoisotopic (exact) mass is 282 g/mol. The van der Waals surface area contributed by atoms with E-state index < -0.39 is 0 Å². The van der Waals surface area contributed by atoms with Crippen molar-refractivity contribution < 1.29 is 4.74 Å². The van der Waals surface area contributed by atoms with E-state index in [1.54, 1.807) is 0 Å². The summed E-state index contributed by atoms with van der Waals surface area (Å²) < 4.78 is 5.31. The van der Waals surface area contributed by atoms with Crippen molar-refractivity contribution in [2.45, 2.75) is 70.9 Å². The van der Waals surface area contributed by atoms with Gasteiger partial charge in [0.05, 0.1) is 0 Å². The Hall–Kier alpha value is -0.120. The summed E-state index contributed by atoms with van der Waals surface area (Å²) >= 11 is 0. The molecule has 0 aromatic rings. The van der Waals surface area contributed by atoms with Gasteiger partial charge in [-0.15, -0.1) is 0 Å². The predicted molar refractivity (Wildman–Crippen MR) is 85.1 cm³/mol. The molecule has 3 nitrogen and oxygen atoms in total. The Morgan fingerprint density at radius 1 is 1.20 bits per heavy atom. The fourth-order valence-electron chi connectivity index (χ4n) is 3.76. The molecule has 3 heteroatoms. The summed E-state index contributed by atoms with van der Waals surface area (Å²) in [6.45, 7) is 11.6. The Labute approximate surface area is 125 Å². The molecule has 0 radical (unpaired) electrons. The van der Waals surface area contributed by atoms with Crippen LogP contribution in [0.4, 0.5) is 0 Å². The summed E-state index contributed by atoms with van der Waals surface area (Å²) in [5.74, 6) is 0. The van der Waals surface area contributed by atoms with Crippen molar-refractivity contribution in [2.24, 2.45) is 5.41 Å². The van der Waals surface area contributed by atoms with Crippen molar-refractivity contribution in [1.82, 2.24) is 10.2 Å². The van der Waals surface area contributed by atoms with Crippen LogP contribution in [0.25, 0.3) is 0 Å². The molecule has 1 heterocycles. The van der Waals surface area contributed by atoms with Crippen molar-refractivity contribution in [3.63, 3.8) is 0 Å². The molecule has 1 aliphatic carbocycles. The van der Waals surface area contributed by atoms with E-state index in [-0.39, 0.29) is 0 Å². The van der Waals surface area contributed by atoms with Gasteiger partial charge in [0.2, 0.25) is 0 Å². The summed E-state index contributed by atoms with van der Waals surface area (Å²) in [7, 11) is 1.83. The second kappa shape index (κ2) is 6.76. The molecular formula is C17H34N2O. The lowest BCUT2D eigenvalue weighted by molar-refractivity contribution is 0.0464. The van der Waals surface area contributed by atoms with Crippen molar-refractivity contribution >= 4 is 0 Å². The van der Waals surface area contributed by atoms with Gasteiger partial charge in [-0.2, -0.15) is 0 Å². The highest BCUT2D eigenvalue weighted by Gasteiger charge is 2.46. The normalized spacial score (nSPS) is 28.5. The molecule has 0 aromatic heterocycles. The van der Waals surface area contributed by atoms with E-state index in [1.165, 1.54) is 58.2 Å². The van der Waals surface area contributed by atoms with Crippen LogP contribution in [0.2, 0.25) is 0 Å². The molecule has 1 saturated carbocycles. The van der Waals surface area contributed by atoms with E-state index in [0.717, 1.165) is 12.6 Å². The molecule has 1 N–H and O–H groups in total. The third-order valence-electron chi connectivity index (χ3n) is 5.89. The first-order valence-electron chi connectivity index (χ1n) is 8.60. The first-order chi connectivity index (χ1) is 9.62. The zero-order valence-electron chi connectivity index (χ0n) is 14.0. The van der Waals surface area contributed by atoms with E-state index in [2.05, 4.69) is 31.0 Å². The molecule has 20 heavy (non-hydrogen) atoms. The van der Waals surface area contributed by atoms with E-state index >= 15 is 0 Å². The van der Waals surface area contributed by atoms with Crippen LogP contribution < -0.4 is 5.32 Å². The molecule has 1 atom stereocenters. The molecule has 2 fully saturated rings. The van der Waals surface area contributed by atoms with Gasteiger partial charge in [-0.3, -0.25) is 4.90 Å². The quantitative estimate of drug-likeness (QED) is 0.740. The van der Waals surface area contributed by atoms with Crippen molar-refractivity contribution in [1.29, 1.82) is 0 Å². The maximum atomic E-state index is 5.31. The fourth-order valence-corrected chi connectivity index (χ4v) is 3.76. The summed E-state index contributed by atoms with van der Waals surface area (Å²) in [4.78, 5) is 2.80. The zero-order chi connectivity index (χ0) is 14.6. The van der Waals surface area contributed by atoms with Gasteiger partial charge in [0, 0.05) is 44.9 Å². The summed E-state index contributed by atoms with van der Waals surface area (Å²) in [5, 5.41) is 3.85. The smallest absolute Gasteiger partial charge is 0.0468 e. The van der Waals surface area contributed by atoms with Crippen LogP contribution in [-0.2, 0) is 4.74 Å². The molecule has 1 saturated heterocycles. The molecule has 1 unspecified atom stereocenters. The van der Waals surface area contributed by atoms with Crippen LogP contribution >= 0.6 is 0 Å². The van der Waals surface area contributed by atoms with Crippen molar-refractivity contribution in [3.8, 4) is 0 Å². The van der Waals surface area contributed by atoms with Gasteiger partial charge < -0.3 is 10.1 Å². The number of rotatable bonds is 8. The minimum atomic E-state index is 0.350. The minimum Gasteiger partial charge on any atom is -0.385 e. The Bertz CT molecular complexity index is 297. The minimum absolute atomic E-state index is 0.350. The first-order valence-corrected chi connectivity index (χ1v) is 8.60. The van der Waals surface area contributed by atoms with Gasteiger partial charge in [-0.05, 0) is 43.9 Å². The average molecular weight is 282 g/mol. The van der Waals surface area contributed by atoms with Gasteiger partial charge in [-0.25, -0.2) is 0 Å².